The van der Waals surface area contributed by atoms with E-state index >= 15 is 0 Å². The molecule has 0 amide bonds. The van der Waals surface area contributed by atoms with Crippen molar-refractivity contribution in [1.29, 1.82) is 0 Å². The Hall–Kier alpha value is -0.990. The third-order valence-electron chi connectivity index (χ3n) is 1.02. The zero-order valence-electron chi connectivity index (χ0n) is 4.68. The molecule has 0 aromatic carbocycles. The zero-order valence-corrected chi connectivity index (χ0v) is 4.68. The van der Waals surface area contributed by atoms with E-state index in [2.05, 4.69) is 11.3 Å². The number of likely N-dealkylation sites (N-methyl/N-ethyl adjacent to an activating group) is 1. The highest BCUT2D eigenvalue weighted by atomic mass is 16.6. The zero-order chi connectivity index (χ0) is 6.15. The Balaban J connectivity index is 2.64. The van der Waals surface area contributed by atoms with E-state index in [0.29, 0.717) is 12.4 Å². The van der Waals surface area contributed by atoms with Gasteiger partial charge in [-0.3, -0.25) is 0 Å². The molecule has 0 aromatic rings. The molecule has 8 heavy (non-hydrogen) atoms. The maximum absolute atomic E-state index is 10.3. The van der Waals surface area contributed by atoms with Gasteiger partial charge >= 0.3 is 5.97 Å². The monoisotopic (exact) mass is 113 g/mol. The first-order valence-electron chi connectivity index (χ1n) is 2.31. The van der Waals surface area contributed by atoms with Crippen molar-refractivity contribution in [3.05, 3.63) is 12.5 Å². The third-order valence-corrected chi connectivity index (χ3v) is 1.02. The highest BCUT2D eigenvalue weighted by Gasteiger charge is 2.19. The van der Waals surface area contributed by atoms with Crippen molar-refractivity contribution in [2.75, 3.05) is 13.6 Å². The Morgan fingerprint density at radius 2 is 2.50 bits per heavy atom. The summed E-state index contributed by atoms with van der Waals surface area (Å²) in [5.74, 6) is 0.215. The summed E-state index contributed by atoms with van der Waals surface area (Å²) in [7, 11) is 1.76. The molecule has 1 rings (SSSR count). The summed E-state index contributed by atoms with van der Waals surface area (Å²) in [4.78, 5) is 12.0. The summed E-state index contributed by atoms with van der Waals surface area (Å²) < 4.78 is 4.57. The highest BCUT2D eigenvalue weighted by Crippen LogP contribution is 2.08. The van der Waals surface area contributed by atoms with Crippen LogP contribution in [0.1, 0.15) is 0 Å². The van der Waals surface area contributed by atoms with Crippen LogP contribution >= 0.6 is 0 Å². The summed E-state index contributed by atoms with van der Waals surface area (Å²) >= 11 is 0. The first-order valence-corrected chi connectivity index (χ1v) is 2.31. The predicted molar refractivity (Wildman–Crippen MR) is 27.9 cm³/mol. The van der Waals surface area contributed by atoms with Crippen molar-refractivity contribution < 1.29 is 9.53 Å². The van der Waals surface area contributed by atoms with Gasteiger partial charge in [0, 0.05) is 7.05 Å². The van der Waals surface area contributed by atoms with Gasteiger partial charge in [-0.25, -0.2) is 4.79 Å². The van der Waals surface area contributed by atoms with Gasteiger partial charge in [0.05, 0.1) is 0 Å². The lowest BCUT2D eigenvalue weighted by atomic mass is 10.6. The number of esters is 1. The van der Waals surface area contributed by atoms with Crippen molar-refractivity contribution in [3.63, 3.8) is 0 Å². The van der Waals surface area contributed by atoms with E-state index < -0.39 is 0 Å². The second kappa shape index (κ2) is 1.51. The van der Waals surface area contributed by atoms with Gasteiger partial charge in [0.15, 0.2) is 5.88 Å². The van der Waals surface area contributed by atoms with Gasteiger partial charge in [0.1, 0.15) is 6.54 Å². The van der Waals surface area contributed by atoms with Gasteiger partial charge in [-0.2, -0.15) is 0 Å². The molecule has 3 nitrogen and oxygen atoms in total. The van der Waals surface area contributed by atoms with Gasteiger partial charge in [-0.15, -0.1) is 0 Å². The fourth-order valence-corrected chi connectivity index (χ4v) is 0.523. The average molecular weight is 113 g/mol. The Kier molecular flexibility index (Phi) is 0.970. The van der Waals surface area contributed by atoms with Gasteiger partial charge in [-0.05, 0) is 6.58 Å². The van der Waals surface area contributed by atoms with Gasteiger partial charge in [0.25, 0.3) is 0 Å². The molecular weight excluding hydrogens is 106 g/mol. The summed E-state index contributed by atoms with van der Waals surface area (Å²) in [6, 6.07) is 0. The maximum Gasteiger partial charge on any atom is 0.332 e. The molecule has 1 saturated heterocycles. The van der Waals surface area contributed by atoms with E-state index in [0.717, 1.165) is 0 Å². The van der Waals surface area contributed by atoms with Crippen LogP contribution in [0, 0.1) is 0 Å². The molecule has 0 N–H and O–H groups in total. The van der Waals surface area contributed by atoms with Crippen molar-refractivity contribution in [2.45, 2.75) is 0 Å². The molecule has 0 radical (unpaired) electrons. The fraction of sp³-hybridized carbons (Fsp3) is 0.400. The SMILES string of the molecule is C=C1OC(=O)CN1C. The summed E-state index contributed by atoms with van der Waals surface area (Å²) in [6.07, 6.45) is 0. The second-order valence-corrected chi connectivity index (χ2v) is 1.72. The molecule has 0 aliphatic carbocycles. The fourth-order valence-electron chi connectivity index (χ4n) is 0.523. The lowest BCUT2D eigenvalue weighted by Crippen LogP contribution is -2.11. The van der Waals surface area contributed by atoms with Crippen LogP contribution < -0.4 is 0 Å². The van der Waals surface area contributed by atoms with Crippen LogP contribution in [0.4, 0.5) is 0 Å². The van der Waals surface area contributed by atoms with Crippen molar-refractivity contribution in [2.24, 2.45) is 0 Å². The number of hydrogen-bond donors (Lipinski definition) is 0. The van der Waals surface area contributed by atoms with Crippen LogP contribution in [0.5, 0.6) is 0 Å². The Labute approximate surface area is 47.5 Å². The molecule has 0 aromatic heterocycles. The van der Waals surface area contributed by atoms with Crippen molar-refractivity contribution in [1.82, 2.24) is 4.90 Å². The van der Waals surface area contributed by atoms with Crippen LogP contribution in [0.25, 0.3) is 0 Å². The number of cyclic esters (lactones) is 1. The quantitative estimate of drug-likeness (QED) is 0.412. The smallest absolute Gasteiger partial charge is 0.332 e. The first kappa shape index (κ1) is 5.15. The summed E-state index contributed by atoms with van der Waals surface area (Å²) in [6.45, 7) is 3.80. The van der Waals surface area contributed by atoms with E-state index in [4.69, 9.17) is 0 Å². The van der Waals surface area contributed by atoms with E-state index in [1.807, 2.05) is 0 Å². The number of carbonyl (C=O) groups excluding carboxylic acids is 1. The molecule has 1 aliphatic heterocycles. The van der Waals surface area contributed by atoms with Crippen LogP contribution in [-0.4, -0.2) is 24.5 Å². The molecule has 1 aliphatic rings. The normalized spacial score (nSPS) is 19.4. The molecule has 0 bridgehead atoms. The molecule has 0 unspecified atom stereocenters. The van der Waals surface area contributed by atoms with Crippen molar-refractivity contribution >= 4 is 5.97 Å². The summed E-state index contributed by atoms with van der Waals surface area (Å²) in [5.41, 5.74) is 0. The van der Waals surface area contributed by atoms with Crippen molar-refractivity contribution in [3.8, 4) is 0 Å². The molecule has 0 atom stereocenters. The molecule has 0 spiro atoms. The average Bonchev–Trinajstić information content (AvgIpc) is 1.85. The topological polar surface area (TPSA) is 29.5 Å². The van der Waals surface area contributed by atoms with E-state index in [-0.39, 0.29) is 5.97 Å². The van der Waals surface area contributed by atoms with Crippen LogP contribution in [0.2, 0.25) is 0 Å². The highest BCUT2D eigenvalue weighted by molar-refractivity contribution is 5.75. The van der Waals surface area contributed by atoms with E-state index in [9.17, 15) is 4.79 Å². The van der Waals surface area contributed by atoms with Gasteiger partial charge in [0.2, 0.25) is 0 Å². The molecule has 1 fully saturated rings. The molecule has 0 saturated carbocycles. The Morgan fingerprint density at radius 3 is 2.62 bits per heavy atom. The molecule has 44 valence electrons. The van der Waals surface area contributed by atoms with Crippen LogP contribution in [0.3, 0.4) is 0 Å². The largest absolute Gasteiger partial charge is 0.409 e. The maximum atomic E-state index is 10.3. The third kappa shape index (κ3) is 0.665. The van der Waals surface area contributed by atoms with Gasteiger partial charge in [-0.1, -0.05) is 0 Å². The second-order valence-electron chi connectivity index (χ2n) is 1.72. The minimum atomic E-state index is -0.225. The molecule has 3 heteroatoms. The standard InChI is InChI=1S/C5H7NO2/c1-4-6(2)3-5(7)8-4/h1,3H2,2H3. The number of carbonyl (C=O) groups is 1. The Bertz CT molecular complexity index is 141. The van der Waals surface area contributed by atoms with E-state index in [1.165, 1.54) is 0 Å². The minimum Gasteiger partial charge on any atom is -0.409 e. The Morgan fingerprint density at radius 1 is 1.88 bits per heavy atom. The lowest BCUT2D eigenvalue weighted by molar-refractivity contribution is -0.134. The predicted octanol–water partition coefficient (Wildman–Crippen LogP) is -0.0538. The lowest BCUT2D eigenvalue weighted by Gasteiger charge is -2.03. The number of hydrogen-bond acceptors (Lipinski definition) is 3. The first-order chi connectivity index (χ1) is 3.70. The molecule has 1 heterocycles. The minimum absolute atomic E-state index is 0.225. The summed E-state index contributed by atoms with van der Waals surface area (Å²) in [5, 5.41) is 0. The van der Waals surface area contributed by atoms with Gasteiger partial charge < -0.3 is 9.64 Å². The number of nitrogens with zero attached hydrogens (tertiary/aromatic N) is 1. The van der Waals surface area contributed by atoms with E-state index in [1.54, 1.807) is 11.9 Å². The number of ether oxygens (including phenoxy) is 1. The van der Waals surface area contributed by atoms with Crippen LogP contribution in [-0.2, 0) is 9.53 Å². The molecular formula is C5H7NO2. The van der Waals surface area contributed by atoms with Crippen LogP contribution in [0.15, 0.2) is 12.5 Å². The number of rotatable bonds is 0.